The molecule has 0 N–H and O–H groups in total. The molecule has 0 saturated carbocycles. The molecule has 0 aliphatic heterocycles. The van der Waals surface area contributed by atoms with Gasteiger partial charge in [0, 0.05) is 0 Å². The first-order valence-electron chi connectivity index (χ1n) is 6.16. The molecule has 0 fully saturated rings. The van der Waals surface area contributed by atoms with Crippen LogP contribution in [0.15, 0.2) is 29.6 Å². The Morgan fingerprint density at radius 3 is 2.30 bits per heavy atom. The summed E-state index contributed by atoms with van der Waals surface area (Å²) in [7, 11) is 13.4. The molecule has 1 aromatic heterocycles. The van der Waals surface area contributed by atoms with Crippen LogP contribution in [-0.2, 0) is 0 Å². The Hall–Kier alpha value is -0.0404. The van der Waals surface area contributed by atoms with E-state index >= 15 is 0 Å². The zero-order valence-corrected chi connectivity index (χ0v) is 16.2. The van der Waals surface area contributed by atoms with Crippen LogP contribution in [0.25, 0.3) is 0 Å². The predicted molar refractivity (Wildman–Crippen MR) is 91.2 cm³/mol. The topological polar surface area (TPSA) is 17.1 Å². The summed E-state index contributed by atoms with van der Waals surface area (Å²) in [4.78, 5) is 13.0. The first-order chi connectivity index (χ1) is 9.31. The van der Waals surface area contributed by atoms with Gasteiger partial charge in [-0.3, -0.25) is 0 Å². The van der Waals surface area contributed by atoms with Crippen molar-refractivity contribution in [3.05, 3.63) is 51.2 Å². The molecule has 5 heteroatoms. The normalized spacial score (nSPS) is 12.4. The summed E-state index contributed by atoms with van der Waals surface area (Å²) in [6, 6.07) is 7.87. The maximum absolute atomic E-state index is 12.3. The minimum absolute atomic E-state index is 0.0607. The summed E-state index contributed by atoms with van der Waals surface area (Å²) in [5, 5.41) is 1.90. The van der Waals surface area contributed by atoms with E-state index in [1.807, 2.05) is 31.4 Å². The summed E-state index contributed by atoms with van der Waals surface area (Å²) in [6.07, 6.45) is 0. The van der Waals surface area contributed by atoms with Crippen LogP contribution in [0.2, 0.25) is 4.47 Å². The van der Waals surface area contributed by atoms with Gasteiger partial charge in [-0.05, 0) is 0 Å². The number of halogens is 2. The number of benzene rings is 1. The first kappa shape index (κ1) is 16.3. The molecule has 2 aromatic rings. The Balaban J connectivity index is 2.33. The maximum atomic E-state index is 12.3. The minimum atomic E-state index is -3.40. The van der Waals surface area contributed by atoms with Gasteiger partial charge >= 0.3 is 136 Å². The van der Waals surface area contributed by atoms with Gasteiger partial charge in [0.2, 0.25) is 0 Å². The number of Topliss-reactive ketones (excluding diaryl/α,β-unsaturated/α-hetero) is 1. The monoisotopic (exact) mass is 444 g/mol. The van der Waals surface area contributed by atoms with Crippen LogP contribution in [0.1, 0.15) is 26.4 Å². The van der Waals surface area contributed by atoms with Crippen LogP contribution in [-0.4, -0.2) is 21.7 Å². The molecule has 0 saturated heterocycles. The molecule has 0 unspecified atom stereocenters. The summed E-state index contributed by atoms with van der Waals surface area (Å²) in [6.45, 7) is 6.10. The van der Waals surface area contributed by atoms with Gasteiger partial charge in [0.25, 0.3) is 0 Å². The SMILES string of the molecule is Cc1cc(C)c([Te](Cl)(Cl)CC(=O)c2cccs2)c(C)c1. The Morgan fingerprint density at radius 2 is 1.80 bits per heavy atom. The fraction of sp³-hybridized carbons (Fsp3) is 0.267. The van der Waals surface area contributed by atoms with Gasteiger partial charge in [0.1, 0.15) is 0 Å². The molecule has 0 amide bonds. The second-order valence-electron chi connectivity index (χ2n) is 4.85. The fourth-order valence-corrected chi connectivity index (χ4v) is 12.7. The van der Waals surface area contributed by atoms with Crippen molar-refractivity contribution in [3.8, 4) is 0 Å². The van der Waals surface area contributed by atoms with Crippen molar-refractivity contribution in [3.63, 3.8) is 0 Å². The Labute approximate surface area is 135 Å². The van der Waals surface area contributed by atoms with Gasteiger partial charge in [-0.15, -0.1) is 0 Å². The third-order valence-corrected chi connectivity index (χ3v) is 12.8. The van der Waals surface area contributed by atoms with Crippen LogP contribution in [0.4, 0.5) is 0 Å². The van der Waals surface area contributed by atoms with Crippen LogP contribution in [0.3, 0.4) is 0 Å². The van der Waals surface area contributed by atoms with Gasteiger partial charge in [-0.2, -0.15) is 0 Å². The van der Waals surface area contributed by atoms with E-state index in [2.05, 4.69) is 19.1 Å². The van der Waals surface area contributed by atoms with Gasteiger partial charge in [-0.1, -0.05) is 0 Å². The van der Waals surface area contributed by atoms with E-state index < -0.39 is 15.9 Å². The Kier molecular flexibility index (Phi) is 5.21. The number of carbonyl (C=O) groups is 1. The van der Waals surface area contributed by atoms with Gasteiger partial charge in [0.15, 0.2) is 0 Å². The molecule has 1 aromatic carbocycles. The Bertz CT molecular complexity index is 612. The predicted octanol–water partition coefficient (Wildman–Crippen LogP) is 4.68. The van der Waals surface area contributed by atoms with Gasteiger partial charge < -0.3 is 0 Å². The van der Waals surface area contributed by atoms with E-state index in [1.165, 1.54) is 16.9 Å². The molecule has 108 valence electrons. The number of hydrogen-bond acceptors (Lipinski definition) is 2. The molecule has 0 aliphatic carbocycles. The number of thiophene rings is 1. The van der Waals surface area contributed by atoms with E-state index in [0.717, 1.165) is 19.6 Å². The molecule has 2 rings (SSSR count). The average Bonchev–Trinajstić information content (AvgIpc) is 2.78. The first-order valence-corrected chi connectivity index (χ1v) is 15.8. The van der Waals surface area contributed by atoms with Crippen molar-refractivity contribution in [2.45, 2.75) is 25.2 Å². The van der Waals surface area contributed by atoms with Crippen molar-refractivity contribution in [2.24, 2.45) is 0 Å². The summed E-state index contributed by atoms with van der Waals surface area (Å²) < 4.78 is 1.31. The number of rotatable bonds is 4. The van der Waals surface area contributed by atoms with Crippen molar-refractivity contribution < 1.29 is 4.79 Å². The van der Waals surface area contributed by atoms with Crippen LogP contribution >= 0.6 is 29.3 Å². The van der Waals surface area contributed by atoms with E-state index in [1.54, 1.807) is 0 Å². The fourth-order valence-electron chi connectivity index (χ4n) is 2.38. The van der Waals surface area contributed by atoms with Crippen LogP contribution in [0.5, 0.6) is 0 Å². The standard InChI is InChI=1S/C15H16Cl2OSTe/c1-10-7-11(2)15(12(3)8-10)20(16,17)9-13(18)14-5-4-6-19-14/h4-8H,9H2,1-3H3. The van der Waals surface area contributed by atoms with E-state index in [9.17, 15) is 4.79 Å². The average molecular weight is 443 g/mol. The van der Waals surface area contributed by atoms with E-state index in [0.29, 0.717) is 0 Å². The molecule has 0 aliphatic rings. The zero-order valence-electron chi connectivity index (χ0n) is 11.6. The van der Waals surface area contributed by atoms with Crippen LogP contribution in [0, 0.1) is 20.8 Å². The molecule has 0 atom stereocenters. The number of aryl methyl sites for hydroxylation is 3. The Morgan fingerprint density at radius 1 is 1.20 bits per heavy atom. The summed E-state index contributed by atoms with van der Waals surface area (Å²) in [5.41, 5.74) is 3.40. The van der Waals surface area contributed by atoms with Crippen LogP contribution < -0.4 is 3.61 Å². The van der Waals surface area contributed by atoms with Crippen molar-refractivity contribution >= 4 is 54.6 Å². The quantitative estimate of drug-likeness (QED) is 0.496. The van der Waals surface area contributed by atoms with Gasteiger partial charge in [-0.25, -0.2) is 0 Å². The zero-order chi connectivity index (χ0) is 14.9. The van der Waals surface area contributed by atoms with Crippen molar-refractivity contribution in [2.75, 3.05) is 0 Å². The summed E-state index contributed by atoms with van der Waals surface area (Å²) in [5.74, 6) is 0.0607. The van der Waals surface area contributed by atoms with Crippen molar-refractivity contribution in [1.29, 1.82) is 0 Å². The summed E-state index contributed by atoms with van der Waals surface area (Å²) >= 11 is -1.96. The number of ketones is 1. The van der Waals surface area contributed by atoms with Gasteiger partial charge in [0.05, 0.1) is 0 Å². The molecule has 0 radical (unpaired) electrons. The van der Waals surface area contributed by atoms with E-state index in [-0.39, 0.29) is 10.3 Å². The second-order valence-corrected chi connectivity index (χ2v) is 19.2. The molecular formula is C15H16Cl2OSTe. The van der Waals surface area contributed by atoms with E-state index in [4.69, 9.17) is 17.9 Å². The number of carbonyl (C=O) groups excluding carboxylic acids is 1. The second kappa shape index (κ2) is 6.38. The van der Waals surface area contributed by atoms with Crippen molar-refractivity contribution in [1.82, 2.24) is 0 Å². The molecule has 0 bridgehead atoms. The molecule has 1 nitrogen and oxygen atoms in total. The molecule has 20 heavy (non-hydrogen) atoms. The molecule has 0 spiro atoms. The third kappa shape index (κ3) is 3.58. The molecular weight excluding hydrogens is 427 g/mol. The third-order valence-electron chi connectivity index (χ3n) is 3.01. The number of hydrogen-bond donors (Lipinski definition) is 0. The molecule has 1 heterocycles.